The lowest BCUT2D eigenvalue weighted by Gasteiger charge is -2.17. The summed E-state index contributed by atoms with van der Waals surface area (Å²) in [5.74, 6) is -0.0202. The summed E-state index contributed by atoms with van der Waals surface area (Å²) in [5, 5.41) is 4.96. The lowest BCUT2D eigenvalue weighted by atomic mass is 10.1. The maximum absolute atomic E-state index is 12.0. The van der Waals surface area contributed by atoms with E-state index in [1.807, 2.05) is 41.8 Å². The van der Waals surface area contributed by atoms with E-state index in [4.69, 9.17) is 18.0 Å². The Bertz CT molecular complexity index is 582. The average molecular weight is 318 g/mol. The molecule has 3 nitrogen and oxygen atoms in total. The molecule has 0 aliphatic heterocycles. The molecule has 0 spiro atoms. The summed E-state index contributed by atoms with van der Waals surface area (Å²) in [4.78, 5) is 13.6. The van der Waals surface area contributed by atoms with Crippen molar-refractivity contribution in [2.45, 2.75) is 25.3 Å². The first-order chi connectivity index (χ1) is 10.2. The summed E-state index contributed by atoms with van der Waals surface area (Å²) in [6.07, 6.45) is 2.23. The van der Waals surface area contributed by atoms with Crippen molar-refractivity contribution in [3.05, 3.63) is 58.3 Å². The smallest absolute Gasteiger partial charge is 0.220 e. The molecule has 1 atom stereocenters. The largest absolute Gasteiger partial charge is 0.391 e. The van der Waals surface area contributed by atoms with Gasteiger partial charge in [0.2, 0.25) is 5.91 Å². The number of amides is 1. The Kier molecular flexibility index (Phi) is 5.90. The predicted molar refractivity (Wildman–Crippen MR) is 91.4 cm³/mol. The summed E-state index contributed by atoms with van der Waals surface area (Å²) in [6, 6.07) is 13.3. The number of thiophene rings is 1. The van der Waals surface area contributed by atoms with E-state index in [-0.39, 0.29) is 10.9 Å². The minimum absolute atomic E-state index is 0.0202. The van der Waals surface area contributed by atoms with Crippen molar-refractivity contribution in [1.29, 1.82) is 0 Å². The van der Waals surface area contributed by atoms with Gasteiger partial charge in [0.15, 0.2) is 0 Å². The third-order valence-electron chi connectivity index (χ3n) is 3.13. The van der Waals surface area contributed by atoms with Crippen LogP contribution in [0.2, 0.25) is 0 Å². The number of aryl methyl sites for hydroxylation is 1. The number of carbonyl (C=O) groups excluding carboxylic acids is 1. The van der Waals surface area contributed by atoms with Crippen LogP contribution in [0.4, 0.5) is 0 Å². The van der Waals surface area contributed by atoms with Crippen LogP contribution < -0.4 is 11.1 Å². The fourth-order valence-electron chi connectivity index (χ4n) is 2.08. The zero-order valence-corrected chi connectivity index (χ0v) is 13.3. The predicted octanol–water partition coefficient (Wildman–Crippen LogP) is 3.21. The molecule has 1 aromatic carbocycles. The van der Waals surface area contributed by atoms with Gasteiger partial charge in [0.1, 0.15) is 11.0 Å². The lowest BCUT2D eigenvalue weighted by Crippen LogP contribution is -2.36. The summed E-state index contributed by atoms with van der Waals surface area (Å²) < 4.78 is 0. The van der Waals surface area contributed by atoms with Crippen molar-refractivity contribution < 1.29 is 4.79 Å². The molecule has 2 aromatic rings. The van der Waals surface area contributed by atoms with Gasteiger partial charge in [-0.3, -0.25) is 4.79 Å². The molecule has 1 heterocycles. The maximum atomic E-state index is 12.0. The molecule has 1 aromatic heterocycles. The third-order valence-corrected chi connectivity index (χ3v) is 4.30. The molecule has 0 aliphatic carbocycles. The molecule has 21 heavy (non-hydrogen) atoms. The van der Waals surface area contributed by atoms with Crippen molar-refractivity contribution in [3.8, 4) is 0 Å². The van der Waals surface area contributed by atoms with E-state index >= 15 is 0 Å². The highest BCUT2D eigenvalue weighted by Crippen LogP contribution is 2.15. The Balaban J connectivity index is 1.85. The molecule has 110 valence electrons. The number of rotatable bonds is 7. The van der Waals surface area contributed by atoms with Gasteiger partial charge in [-0.1, -0.05) is 48.6 Å². The highest BCUT2D eigenvalue weighted by molar-refractivity contribution is 7.80. The number of benzene rings is 1. The van der Waals surface area contributed by atoms with Crippen molar-refractivity contribution >= 4 is 34.5 Å². The van der Waals surface area contributed by atoms with Crippen LogP contribution >= 0.6 is 23.6 Å². The van der Waals surface area contributed by atoms with Gasteiger partial charge in [0.25, 0.3) is 0 Å². The number of nitrogens with two attached hydrogens (primary N) is 1. The molecule has 0 aliphatic rings. The van der Waals surface area contributed by atoms with Crippen molar-refractivity contribution in [3.63, 3.8) is 0 Å². The SMILES string of the molecule is NC(=S)C(NC(=O)CCCc1cccs1)c1ccccc1. The Morgan fingerprint density at radius 1 is 1.24 bits per heavy atom. The normalized spacial score (nSPS) is 11.8. The van der Waals surface area contributed by atoms with Crippen LogP contribution in [-0.4, -0.2) is 10.9 Å². The van der Waals surface area contributed by atoms with E-state index < -0.39 is 6.04 Å². The summed E-state index contributed by atoms with van der Waals surface area (Å²) in [6.45, 7) is 0. The number of hydrogen-bond acceptors (Lipinski definition) is 3. The van der Waals surface area contributed by atoms with Gasteiger partial charge in [-0.25, -0.2) is 0 Å². The van der Waals surface area contributed by atoms with Crippen LogP contribution in [0.1, 0.15) is 29.3 Å². The second-order valence-corrected chi connectivity index (χ2v) is 6.25. The molecule has 0 saturated heterocycles. The minimum Gasteiger partial charge on any atom is -0.391 e. The van der Waals surface area contributed by atoms with Gasteiger partial charge in [-0.15, -0.1) is 11.3 Å². The molecule has 0 fully saturated rings. The van der Waals surface area contributed by atoms with E-state index in [1.165, 1.54) is 4.88 Å². The van der Waals surface area contributed by atoms with Crippen molar-refractivity contribution in [1.82, 2.24) is 5.32 Å². The molecule has 3 N–H and O–H groups in total. The first kappa shape index (κ1) is 15.7. The molecular weight excluding hydrogens is 300 g/mol. The van der Waals surface area contributed by atoms with Crippen LogP contribution in [0.25, 0.3) is 0 Å². The van der Waals surface area contributed by atoms with E-state index in [0.717, 1.165) is 18.4 Å². The molecule has 2 rings (SSSR count). The van der Waals surface area contributed by atoms with Gasteiger partial charge in [-0.05, 0) is 29.9 Å². The van der Waals surface area contributed by atoms with Gasteiger partial charge in [-0.2, -0.15) is 0 Å². The van der Waals surface area contributed by atoms with Gasteiger partial charge >= 0.3 is 0 Å². The molecule has 0 bridgehead atoms. The van der Waals surface area contributed by atoms with Crippen molar-refractivity contribution in [2.24, 2.45) is 5.73 Å². The van der Waals surface area contributed by atoms with Gasteiger partial charge < -0.3 is 11.1 Å². The molecular formula is C16H18N2OS2. The Labute approximate surface area is 134 Å². The maximum Gasteiger partial charge on any atom is 0.220 e. The van der Waals surface area contributed by atoms with Crippen LogP contribution in [0.5, 0.6) is 0 Å². The molecule has 0 saturated carbocycles. The van der Waals surface area contributed by atoms with E-state index in [0.29, 0.717) is 6.42 Å². The molecule has 1 amide bonds. The monoisotopic (exact) mass is 318 g/mol. The highest BCUT2D eigenvalue weighted by Gasteiger charge is 2.16. The summed E-state index contributed by atoms with van der Waals surface area (Å²) in [5.41, 5.74) is 6.65. The molecule has 0 radical (unpaired) electrons. The number of carbonyl (C=O) groups is 1. The van der Waals surface area contributed by atoms with Crippen LogP contribution in [0.15, 0.2) is 47.8 Å². The Morgan fingerprint density at radius 3 is 2.62 bits per heavy atom. The number of hydrogen-bond donors (Lipinski definition) is 2. The first-order valence-corrected chi connectivity index (χ1v) is 8.11. The highest BCUT2D eigenvalue weighted by atomic mass is 32.1. The standard InChI is InChI=1S/C16H18N2OS2/c17-16(20)15(12-6-2-1-3-7-12)18-14(19)10-4-8-13-9-5-11-21-13/h1-3,5-7,9,11,15H,4,8,10H2,(H2,17,20)(H,18,19). The Hall–Kier alpha value is -1.72. The first-order valence-electron chi connectivity index (χ1n) is 6.83. The fraction of sp³-hybridized carbons (Fsp3) is 0.250. The number of nitrogens with one attached hydrogen (secondary N) is 1. The van der Waals surface area contributed by atoms with Crippen LogP contribution in [-0.2, 0) is 11.2 Å². The van der Waals surface area contributed by atoms with Gasteiger partial charge in [0, 0.05) is 11.3 Å². The van der Waals surface area contributed by atoms with E-state index in [9.17, 15) is 4.79 Å². The second-order valence-electron chi connectivity index (χ2n) is 4.75. The topological polar surface area (TPSA) is 55.1 Å². The summed E-state index contributed by atoms with van der Waals surface area (Å²) in [7, 11) is 0. The Morgan fingerprint density at radius 2 is 2.00 bits per heavy atom. The van der Waals surface area contributed by atoms with Crippen molar-refractivity contribution in [2.75, 3.05) is 0 Å². The third kappa shape index (κ3) is 4.95. The quantitative estimate of drug-likeness (QED) is 0.771. The zero-order valence-electron chi connectivity index (χ0n) is 11.6. The average Bonchev–Trinajstić information content (AvgIpc) is 2.98. The molecule has 5 heteroatoms. The van der Waals surface area contributed by atoms with Crippen LogP contribution in [0, 0.1) is 0 Å². The fourth-order valence-corrected chi connectivity index (χ4v) is 3.02. The molecule has 1 unspecified atom stereocenters. The van der Waals surface area contributed by atoms with Gasteiger partial charge in [0.05, 0.1) is 0 Å². The minimum atomic E-state index is -0.393. The zero-order chi connectivity index (χ0) is 15.1. The lowest BCUT2D eigenvalue weighted by molar-refractivity contribution is -0.121. The summed E-state index contributed by atoms with van der Waals surface area (Å²) >= 11 is 6.78. The van der Waals surface area contributed by atoms with E-state index in [2.05, 4.69) is 11.4 Å². The van der Waals surface area contributed by atoms with E-state index in [1.54, 1.807) is 11.3 Å². The second kappa shape index (κ2) is 7.90. The number of thiocarbonyl (C=S) groups is 1. The van der Waals surface area contributed by atoms with Crippen LogP contribution in [0.3, 0.4) is 0 Å².